The number of hydrogen-bond acceptors (Lipinski definition) is 7. The van der Waals surface area contributed by atoms with E-state index in [1.54, 1.807) is 7.11 Å². The van der Waals surface area contributed by atoms with Gasteiger partial charge in [-0.3, -0.25) is 9.69 Å². The zero-order chi connectivity index (χ0) is 39.5. The highest BCUT2D eigenvalue weighted by Gasteiger charge is 2.57. The van der Waals surface area contributed by atoms with E-state index >= 15 is 0 Å². The maximum absolute atomic E-state index is 15.0. The molecule has 0 aliphatic heterocycles. The number of ketones is 1. The van der Waals surface area contributed by atoms with Crippen LogP contribution in [0.15, 0.2) is 115 Å². The number of fused-ring (bicyclic) bond motifs is 8. The molecule has 0 heterocycles. The van der Waals surface area contributed by atoms with Crippen LogP contribution in [0.4, 0.5) is 0 Å². The Kier molecular flexibility index (Phi) is 14.5. The van der Waals surface area contributed by atoms with Gasteiger partial charge in [0, 0.05) is 49.9 Å². The van der Waals surface area contributed by atoms with E-state index in [0.29, 0.717) is 69.7 Å². The molecule has 1 saturated carbocycles. The number of allylic oxidation sites excluding steroid dienone is 2. The van der Waals surface area contributed by atoms with Gasteiger partial charge >= 0.3 is 0 Å². The lowest BCUT2D eigenvalue weighted by Crippen LogP contribution is -2.54. The molecule has 0 aromatic heterocycles. The average molecular weight is 760 g/mol. The van der Waals surface area contributed by atoms with E-state index in [9.17, 15) is 20.1 Å². The van der Waals surface area contributed by atoms with Gasteiger partial charge in [0.05, 0.1) is 31.0 Å². The van der Waals surface area contributed by atoms with Crippen molar-refractivity contribution in [3.63, 3.8) is 0 Å². The molecule has 5 unspecified atom stereocenters. The lowest BCUT2D eigenvalue weighted by molar-refractivity contribution is -0.0913. The molecule has 3 N–H and O–H groups in total. The van der Waals surface area contributed by atoms with E-state index in [-0.39, 0.29) is 18.3 Å². The summed E-state index contributed by atoms with van der Waals surface area (Å²) in [6.45, 7) is 6.94. The molecule has 0 radical (unpaired) electrons. The Hall–Kier alpha value is -3.95. The standard InChI is InChI=1S/C49H61NO6/c1-36-14-12-26-48(2)46(25-27-49(48,54)35-50(28-13-29-55-3)32-41(52)34-56-33-37-15-6-4-7-16-37)43-24-22-38(30-40(51)23-21-36)31-45(43)47(53)44-20-11-10-19-42(44)39-17-8-5-9-18-39/h4-11,14-20,22,24,31,40-41,46,51-52,54H,12-13,21,23,25-30,32-35H2,1-3H3. The van der Waals surface area contributed by atoms with Gasteiger partial charge in [-0.15, -0.1) is 0 Å². The van der Waals surface area contributed by atoms with Gasteiger partial charge in [0.15, 0.2) is 5.78 Å². The van der Waals surface area contributed by atoms with Crippen molar-refractivity contribution in [3.05, 3.63) is 143 Å². The summed E-state index contributed by atoms with van der Waals surface area (Å²) in [7, 11) is 1.69. The van der Waals surface area contributed by atoms with E-state index in [2.05, 4.69) is 37.0 Å². The number of carbonyl (C=O) groups excluding carboxylic acids is 1. The summed E-state index contributed by atoms with van der Waals surface area (Å²) >= 11 is 0. The Morgan fingerprint density at radius 3 is 2.43 bits per heavy atom. The molecule has 1 fully saturated rings. The molecule has 0 saturated heterocycles. The smallest absolute Gasteiger partial charge is 0.193 e. The second-order valence-electron chi connectivity index (χ2n) is 16.4. The summed E-state index contributed by atoms with van der Waals surface area (Å²) in [5.74, 6) is -0.151. The summed E-state index contributed by atoms with van der Waals surface area (Å²) in [4.78, 5) is 17.2. The quantitative estimate of drug-likeness (QED) is 0.0635. The van der Waals surface area contributed by atoms with Crippen LogP contribution in [-0.2, 0) is 22.5 Å². The number of carbonyl (C=O) groups is 1. The van der Waals surface area contributed by atoms with Crippen LogP contribution in [0.25, 0.3) is 11.1 Å². The largest absolute Gasteiger partial charge is 0.393 e. The van der Waals surface area contributed by atoms with Crippen molar-refractivity contribution in [2.75, 3.05) is 40.0 Å². The minimum absolute atomic E-state index is 0.0452. The van der Waals surface area contributed by atoms with Gasteiger partial charge in [-0.1, -0.05) is 116 Å². The molecule has 2 bridgehead atoms. The molecule has 298 valence electrons. The third-order valence-electron chi connectivity index (χ3n) is 12.4. The van der Waals surface area contributed by atoms with Crippen molar-refractivity contribution < 1.29 is 29.6 Å². The van der Waals surface area contributed by atoms with E-state index in [4.69, 9.17) is 9.47 Å². The van der Waals surface area contributed by atoms with Gasteiger partial charge in [0.2, 0.25) is 0 Å². The van der Waals surface area contributed by atoms with Crippen LogP contribution in [0.5, 0.6) is 0 Å². The number of hydrogen-bond donors (Lipinski definition) is 3. The predicted octanol–water partition coefficient (Wildman–Crippen LogP) is 8.54. The second kappa shape index (κ2) is 19.5. The number of nitrogens with zero attached hydrogens (tertiary/aromatic N) is 1. The lowest BCUT2D eigenvalue weighted by atomic mass is 9.64. The summed E-state index contributed by atoms with van der Waals surface area (Å²) in [6.07, 6.45) is 6.45. The van der Waals surface area contributed by atoms with Crippen molar-refractivity contribution in [1.82, 2.24) is 4.90 Å². The van der Waals surface area contributed by atoms with E-state index < -0.39 is 23.2 Å². The van der Waals surface area contributed by atoms with Gasteiger partial charge in [-0.2, -0.15) is 0 Å². The Bertz CT molecular complexity index is 1900. The Labute approximate surface area is 334 Å². The van der Waals surface area contributed by atoms with Crippen LogP contribution >= 0.6 is 0 Å². The van der Waals surface area contributed by atoms with E-state index in [1.807, 2.05) is 91.0 Å². The number of aliphatic hydroxyl groups is 3. The number of rotatable bonds is 15. The van der Waals surface area contributed by atoms with Crippen LogP contribution in [0.3, 0.4) is 0 Å². The zero-order valence-corrected chi connectivity index (χ0v) is 33.5. The fraction of sp³-hybridized carbons (Fsp3) is 0.449. The molecule has 5 atom stereocenters. The minimum atomic E-state index is -1.11. The molecule has 3 aliphatic rings. The highest BCUT2D eigenvalue weighted by atomic mass is 16.5. The Balaban J connectivity index is 1.35. The molecule has 0 spiro atoms. The predicted molar refractivity (Wildman–Crippen MR) is 224 cm³/mol. The van der Waals surface area contributed by atoms with Gasteiger partial charge in [-0.25, -0.2) is 0 Å². The normalized spacial score (nSPS) is 23.4. The highest BCUT2D eigenvalue weighted by Crippen LogP contribution is 2.59. The van der Waals surface area contributed by atoms with Crippen LogP contribution in [0, 0.1) is 5.41 Å². The maximum atomic E-state index is 15.0. The Morgan fingerprint density at radius 2 is 1.66 bits per heavy atom. The number of methoxy groups -OCH3 is 1. The van der Waals surface area contributed by atoms with Crippen molar-refractivity contribution in [3.8, 4) is 11.1 Å². The summed E-state index contributed by atoms with van der Waals surface area (Å²) in [5, 5.41) is 35.4. The third kappa shape index (κ3) is 10.1. The molecule has 3 aliphatic carbocycles. The number of benzene rings is 4. The van der Waals surface area contributed by atoms with Crippen LogP contribution < -0.4 is 0 Å². The van der Waals surface area contributed by atoms with E-state index in [0.717, 1.165) is 53.5 Å². The van der Waals surface area contributed by atoms with E-state index in [1.165, 1.54) is 5.57 Å². The maximum Gasteiger partial charge on any atom is 0.193 e. The zero-order valence-electron chi connectivity index (χ0n) is 33.5. The monoisotopic (exact) mass is 759 g/mol. The molecule has 0 amide bonds. The van der Waals surface area contributed by atoms with Crippen molar-refractivity contribution in [2.24, 2.45) is 5.41 Å². The van der Waals surface area contributed by atoms with Crippen LogP contribution in [-0.4, -0.2) is 83.8 Å². The summed E-state index contributed by atoms with van der Waals surface area (Å²) in [6, 6.07) is 34.0. The first kappa shape index (κ1) is 41.7. The number of ether oxygens (including phenoxy) is 2. The van der Waals surface area contributed by atoms with Crippen molar-refractivity contribution in [1.29, 1.82) is 0 Å². The second-order valence-corrected chi connectivity index (χ2v) is 16.4. The van der Waals surface area contributed by atoms with Crippen LogP contribution in [0.2, 0.25) is 0 Å². The molecular formula is C49H61NO6. The van der Waals surface area contributed by atoms with Gasteiger partial charge < -0.3 is 24.8 Å². The summed E-state index contributed by atoms with van der Waals surface area (Å²) in [5.41, 5.74) is 5.62. The fourth-order valence-electron chi connectivity index (χ4n) is 9.17. The first-order chi connectivity index (χ1) is 27.1. The van der Waals surface area contributed by atoms with Gasteiger partial charge in [-0.05, 0) is 98.1 Å². The molecular weight excluding hydrogens is 699 g/mol. The molecule has 4 aromatic carbocycles. The molecule has 7 rings (SSSR count). The first-order valence-corrected chi connectivity index (χ1v) is 20.5. The van der Waals surface area contributed by atoms with Gasteiger partial charge in [0.1, 0.15) is 0 Å². The third-order valence-corrected chi connectivity index (χ3v) is 12.4. The van der Waals surface area contributed by atoms with Crippen LogP contribution in [0.1, 0.15) is 97.3 Å². The molecule has 7 nitrogen and oxygen atoms in total. The average Bonchev–Trinajstić information content (AvgIpc) is 3.45. The van der Waals surface area contributed by atoms with Crippen molar-refractivity contribution in [2.45, 2.75) is 95.5 Å². The Morgan fingerprint density at radius 1 is 0.929 bits per heavy atom. The topological polar surface area (TPSA) is 99.5 Å². The lowest BCUT2D eigenvalue weighted by Gasteiger charge is -2.46. The van der Waals surface area contributed by atoms with Gasteiger partial charge in [0.25, 0.3) is 0 Å². The fourth-order valence-corrected chi connectivity index (χ4v) is 9.17. The van der Waals surface area contributed by atoms with Crippen molar-refractivity contribution >= 4 is 5.78 Å². The summed E-state index contributed by atoms with van der Waals surface area (Å²) < 4.78 is 11.3. The molecule has 4 aromatic rings. The minimum Gasteiger partial charge on any atom is -0.393 e. The molecule has 56 heavy (non-hydrogen) atoms. The number of aliphatic hydroxyl groups excluding tert-OH is 2. The first-order valence-electron chi connectivity index (χ1n) is 20.5. The highest BCUT2D eigenvalue weighted by molar-refractivity contribution is 6.13. The molecule has 7 heteroatoms. The SMILES string of the molecule is COCCCN(CC(O)COCc1ccccc1)CC1(O)CCC2c3ccc(cc3C(=O)c3ccccc3-c3ccccc3)CC(O)CCC(C)=CCCC21C.